The fourth-order valence-electron chi connectivity index (χ4n) is 2.78. The van der Waals surface area contributed by atoms with Gasteiger partial charge in [0.15, 0.2) is 11.3 Å². The van der Waals surface area contributed by atoms with Crippen LogP contribution in [-0.2, 0) is 0 Å². The van der Waals surface area contributed by atoms with Crippen molar-refractivity contribution in [2.75, 3.05) is 14.1 Å². The molecule has 4 heteroatoms. The quantitative estimate of drug-likeness (QED) is 0.767. The summed E-state index contributed by atoms with van der Waals surface area (Å²) in [6, 6.07) is 7.30. The predicted octanol–water partition coefficient (Wildman–Crippen LogP) is 4.39. The zero-order valence-corrected chi connectivity index (χ0v) is 13.1. The van der Waals surface area contributed by atoms with Gasteiger partial charge in [-0.2, -0.15) is 0 Å². The SMILES string of the molecule is CCC(CC)(C(=O)c1cc2cccc(Cl)c2o1)N(C)C. The van der Waals surface area contributed by atoms with Crippen LogP contribution in [0.2, 0.25) is 5.02 Å². The Morgan fingerprint density at radius 3 is 2.45 bits per heavy atom. The van der Waals surface area contributed by atoms with E-state index in [1.54, 1.807) is 12.1 Å². The summed E-state index contributed by atoms with van der Waals surface area (Å²) in [6.07, 6.45) is 1.47. The molecule has 3 nitrogen and oxygen atoms in total. The van der Waals surface area contributed by atoms with E-state index in [0.29, 0.717) is 16.4 Å². The Kier molecular flexibility index (Phi) is 4.21. The Morgan fingerprint density at radius 2 is 1.95 bits per heavy atom. The van der Waals surface area contributed by atoms with Gasteiger partial charge in [0.1, 0.15) is 0 Å². The second kappa shape index (κ2) is 5.58. The van der Waals surface area contributed by atoms with Crippen LogP contribution >= 0.6 is 11.6 Å². The second-order valence-electron chi connectivity index (χ2n) is 5.23. The summed E-state index contributed by atoms with van der Waals surface area (Å²) < 4.78 is 5.71. The van der Waals surface area contributed by atoms with Crippen LogP contribution in [0.5, 0.6) is 0 Å². The third kappa shape index (κ3) is 2.25. The lowest BCUT2D eigenvalue weighted by Crippen LogP contribution is -2.50. The van der Waals surface area contributed by atoms with E-state index in [2.05, 4.69) is 0 Å². The lowest BCUT2D eigenvalue weighted by Gasteiger charge is -2.36. The lowest BCUT2D eigenvalue weighted by molar-refractivity contribution is 0.0628. The minimum atomic E-state index is -0.527. The molecular formula is C16H20ClNO2. The van der Waals surface area contributed by atoms with Crippen molar-refractivity contribution in [2.45, 2.75) is 32.2 Å². The molecule has 108 valence electrons. The average Bonchev–Trinajstić information content (AvgIpc) is 2.85. The van der Waals surface area contributed by atoms with Crippen molar-refractivity contribution in [3.63, 3.8) is 0 Å². The Balaban J connectivity index is 2.52. The molecule has 0 radical (unpaired) electrons. The number of likely N-dealkylation sites (N-methyl/N-ethyl adjacent to an activating group) is 1. The van der Waals surface area contributed by atoms with Crippen molar-refractivity contribution in [1.29, 1.82) is 0 Å². The largest absolute Gasteiger partial charge is 0.451 e. The Morgan fingerprint density at radius 1 is 1.30 bits per heavy atom. The summed E-state index contributed by atoms with van der Waals surface area (Å²) in [7, 11) is 3.86. The van der Waals surface area contributed by atoms with Crippen LogP contribution in [0, 0.1) is 0 Å². The number of hydrogen-bond acceptors (Lipinski definition) is 3. The molecule has 0 aliphatic heterocycles. The highest BCUT2D eigenvalue weighted by molar-refractivity contribution is 6.34. The van der Waals surface area contributed by atoms with Crippen molar-refractivity contribution in [1.82, 2.24) is 4.90 Å². The normalized spacial score (nSPS) is 12.3. The molecular weight excluding hydrogens is 274 g/mol. The van der Waals surface area contributed by atoms with E-state index in [1.807, 2.05) is 45.0 Å². The van der Waals surface area contributed by atoms with Crippen molar-refractivity contribution in [3.8, 4) is 0 Å². The summed E-state index contributed by atoms with van der Waals surface area (Å²) in [4.78, 5) is 14.8. The van der Waals surface area contributed by atoms with Crippen molar-refractivity contribution >= 4 is 28.4 Å². The number of nitrogens with zero attached hydrogens (tertiary/aromatic N) is 1. The third-order valence-corrected chi connectivity index (χ3v) is 4.47. The first-order chi connectivity index (χ1) is 9.46. The van der Waals surface area contributed by atoms with Crippen molar-refractivity contribution in [3.05, 3.63) is 35.0 Å². The molecule has 0 fully saturated rings. The zero-order chi connectivity index (χ0) is 14.9. The first-order valence-electron chi connectivity index (χ1n) is 6.86. The minimum Gasteiger partial charge on any atom is -0.451 e. The summed E-state index contributed by atoms with van der Waals surface area (Å²) >= 11 is 6.10. The number of carbonyl (C=O) groups excluding carboxylic acids is 1. The van der Waals surface area contributed by atoms with Gasteiger partial charge in [-0.1, -0.05) is 37.6 Å². The maximum Gasteiger partial charge on any atom is 0.218 e. The van der Waals surface area contributed by atoms with E-state index in [4.69, 9.17) is 16.0 Å². The molecule has 0 spiro atoms. The Hall–Kier alpha value is -1.32. The predicted molar refractivity (Wildman–Crippen MR) is 82.6 cm³/mol. The highest BCUT2D eigenvalue weighted by Crippen LogP contribution is 2.32. The van der Waals surface area contributed by atoms with E-state index in [0.717, 1.165) is 18.2 Å². The number of Topliss-reactive ketones (excluding diaryl/α,β-unsaturated/α-hetero) is 1. The van der Waals surface area contributed by atoms with E-state index >= 15 is 0 Å². The van der Waals surface area contributed by atoms with Gasteiger partial charge in [0.25, 0.3) is 0 Å². The maximum atomic E-state index is 12.9. The third-order valence-electron chi connectivity index (χ3n) is 4.17. The molecule has 20 heavy (non-hydrogen) atoms. The van der Waals surface area contributed by atoms with Gasteiger partial charge in [0, 0.05) is 5.39 Å². The number of halogens is 1. The van der Waals surface area contributed by atoms with Gasteiger partial charge < -0.3 is 4.42 Å². The number of para-hydroxylation sites is 1. The zero-order valence-electron chi connectivity index (χ0n) is 12.4. The fourth-order valence-corrected chi connectivity index (χ4v) is 3.00. The van der Waals surface area contributed by atoms with Gasteiger partial charge >= 0.3 is 0 Å². The summed E-state index contributed by atoms with van der Waals surface area (Å²) in [5, 5.41) is 1.39. The molecule has 1 aromatic heterocycles. The minimum absolute atomic E-state index is 0.0137. The van der Waals surface area contributed by atoms with Crippen LogP contribution in [0.15, 0.2) is 28.7 Å². The number of benzene rings is 1. The van der Waals surface area contributed by atoms with Crippen LogP contribution in [-0.4, -0.2) is 30.3 Å². The summed E-state index contributed by atoms with van der Waals surface area (Å²) in [5.41, 5.74) is 0.0535. The summed E-state index contributed by atoms with van der Waals surface area (Å²) in [6.45, 7) is 4.05. The average molecular weight is 294 g/mol. The van der Waals surface area contributed by atoms with E-state index < -0.39 is 5.54 Å². The van der Waals surface area contributed by atoms with Crippen molar-refractivity contribution in [2.24, 2.45) is 0 Å². The molecule has 0 aliphatic rings. The van der Waals surface area contributed by atoms with Crippen LogP contribution in [0.25, 0.3) is 11.0 Å². The molecule has 1 aromatic carbocycles. The van der Waals surface area contributed by atoms with Gasteiger partial charge in [-0.15, -0.1) is 0 Å². The topological polar surface area (TPSA) is 33.5 Å². The number of furan rings is 1. The van der Waals surface area contributed by atoms with Crippen molar-refractivity contribution < 1.29 is 9.21 Å². The number of ketones is 1. The van der Waals surface area contributed by atoms with Gasteiger partial charge in [-0.05, 0) is 39.1 Å². The Labute approximate surface area is 124 Å². The first-order valence-corrected chi connectivity index (χ1v) is 7.24. The first kappa shape index (κ1) is 15.1. The van der Waals surface area contributed by atoms with Gasteiger partial charge in [-0.25, -0.2) is 0 Å². The molecule has 2 rings (SSSR count). The number of rotatable bonds is 5. The molecule has 0 saturated carbocycles. The maximum absolute atomic E-state index is 12.9. The molecule has 0 N–H and O–H groups in total. The van der Waals surface area contributed by atoms with Gasteiger partial charge in [0.05, 0.1) is 10.6 Å². The summed E-state index contributed by atoms with van der Waals surface area (Å²) in [5.74, 6) is 0.394. The van der Waals surface area contributed by atoms with E-state index in [-0.39, 0.29) is 5.78 Å². The molecule has 0 atom stereocenters. The molecule has 0 aliphatic carbocycles. The highest BCUT2D eigenvalue weighted by Gasteiger charge is 2.39. The molecule has 0 amide bonds. The fraction of sp³-hybridized carbons (Fsp3) is 0.438. The lowest BCUT2D eigenvalue weighted by atomic mass is 9.85. The highest BCUT2D eigenvalue weighted by atomic mass is 35.5. The van der Waals surface area contributed by atoms with E-state index in [1.165, 1.54) is 0 Å². The smallest absolute Gasteiger partial charge is 0.218 e. The van der Waals surface area contributed by atoms with Crippen LogP contribution in [0.4, 0.5) is 0 Å². The molecule has 0 saturated heterocycles. The number of hydrogen-bond donors (Lipinski definition) is 0. The monoisotopic (exact) mass is 293 g/mol. The standard InChI is InChI=1S/C16H20ClNO2/c1-5-16(6-2,18(3)4)15(19)13-10-11-8-7-9-12(17)14(11)20-13/h7-10H,5-6H2,1-4H3. The number of carbonyl (C=O) groups is 1. The molecule has 1 heterocycles. The molecule has 0 unspecified atom stereocenters. The van der Waals surface area contributed by atoms with Crippen LogP contribution in [0.3, 0.4) is 0 Å². The molecule has 0 bridgehead atoms. The van der Waals surface area contributed by atoms with E-state index in [9.17, 15) is 4.79 Å². The van der Waals surface area contributed by atoms with Gasteiger partial charge in [0.2, 0.25) is 5.78 Å². The number of fused-ring (bicyclic) bond motifs is 1. The van der Waals surface area contributed by atoms with Gasteiger partial charge in [-0.3, -0.25) is 9.69 Å². The van der Waals surface area contributed by atoms with Crippen LogP contribution in [0.1, 0.15) is 37.2 Å². The van der Waals surface area contributed by atoms with Crippen LogP contribution < -0.4 is 0 Å². The second-order valence-corrected chi connectivity index (χ2v) is 5.64. The molecule has 2 aromatic rings. The Bertz CT molecular complexity index is 626.